The van der Waals surface area contributed by atoms with E-state index in [1.54, 1.807) is 0 Å². The largest absolute Gasteiger partial charge is 0.324 e. The van der Waals surface area contributed by atoms with Gasteiger partial charge >= 0.3 is 0 Å². The van der Waals surface area contributed by atoms with Gasteiger partial charge in [0.1, 0.15) is 5.82 Å². The number of rotatable bonds is 2. The van der Waals surface area contributed by atoms with E-state index in [9.17, 15) is 0 Å². The minimum absolute atomic E-state index is 0.0388. The van der Waals surface area contributed by atoms with Crippen molar-refractivity contribution < 1.29 is 0 Å². The van der Waals surface area contributed by atoms with Gasteiger partial charge < -0.3 is 4.57 Å². The second-order valence-corrected chi connectivity index (χ2v) is 7.10. The van der Waals surface area contributed by atoms with Crippen LogP contribution >= 0.6 is 11.6 Å². The van der Waals surface area contributed by atoms with Crippen LogP contribution in [0.25, 0.3) is 11.0 Å². The van der Waals surface area contributed by atoms with Crippen molar-refractivity contribution >= 4 is 22.6 Å². The minimum Gasteiger partial charge on any atom is -0.324 e. The van der Waals surface area contributed by atoms with Crippen LogP contribution in [0.15, 0.2) is 18.2 Å². The molecule has 2 aromatic rings. The van der Waals surface area contributed by atoms with E-state index in [0.29, 0.717) is 6.04 Å². The maximum Gasteiger partial charge on any atom is 0.127 e. The summed E-state index contributed by atoms with van der Waals surface area (Å²) in [5.74, 6) is 1.04. The van der Waals surface area contributed by atoms with Gasteiger partial charge in [-0.25, -0.2) is 4.98 Å². The Morgan fingerprint density at radius 1 is 1.14 bits per heavy atom. The molecule has 1 atom stereocenters. The Kier molecular flexibility index (Phi) is 4.54. The normalized spacial score (nSPS) is 19.4. The number of aromatic nitrogens is 2. The topological polar surface area (TPSA) is 17.8 Å². The molecule has 3 rings (SSSR count). The van der Waals surface area contributed by atoms with Gasteiger partial charge in [0.15, 0.2) is 0 Å². The molecule has 0 amide bonds. The molecule has 1 saturated carbocycles. The van der Waals surface area contributed by atoms with Crippen molar-refractivity contribution in [1.82, 2.24) is 9.55 Å². The van der Waals surface area contributed by atoms with Crippen LogP contribution < -0.4 is 0 Å². The molecule has 21 heavy (non-hydrogen) atoms. The molecular weight excluding hydrogens is 280 g/mol. The van der Waals surface area contributed by atoms with Crippen molar-refractivity contribution in [2.24, 2.45) is 0 Å². The van der Waals surface area contributed by atoms with Crippen molar-refractivity contribution in [1.29, 1.82) is 0 Å². The summed E-state index contributed by atoms with van der Waals surface area (Å²) in [5, 5.41) is -0.0388. The van der Waals surface area contributed by atoms with Crippen LogP contribution in [-0.2, 0) is 0 Å². The molecule has 1 heterocycles. The van der Waals surface area contributed by atoms with Gasteiger partial charge in [0.25, 0.3) is 0 Å². The highest BCUT2D eigenvalue weighted by atomic mass is 35.5. The van der Waals surface area contributed by atoms with E-state index in [1.807, 2.05) is 6.92 Å². The number of halogens is 1. The molecule has 0 aliphatic heterocycles. The number of hydrogen-bond acceptors (Lipinski definition) is 1. The number of imidazole rings is 1. The Morgan fingerprint density at radius 2 is 1.81 bits per heavy atom. The van der Waals surface area contributed by atoms with Gasteiger partial charge in [0.05, 0.1) is 16.4 Å². The quantitative estimate of drug-likeness (QED) is 0.629. The molecule has 1 unspecified atom stereocenters. The van der Waals surface area contributed by atoms with Gasteiger partial charge in [0.2, 0.25) is 0 Å². The molecule has 0 spiro atoms. The van der Waals surface area contributed by atoms with Crippen LogP contribution in [0, 0.1) is 6.92 Å². The van der Waals surface area contributed by atoms with Crippen molar-refractivity contribution in [3.05, 3.63) is 29.6 Å². The van der Waals surface area contributed by atoms with Crippen molar-refractivity contribution in [2.45, 2.75) is 70.2 Å². The number of alkyl halides is 1. The average molecular weight is 305 g/mol. The third-order valence-electron chi connectivity index (χ3n) is 4.67. The zero-order valence-corrected chi connectivity index (χ0v) is 13.9. The molecule has 3 heteroatoms. The monoisotopic (exact) mass is 304 g/mol. The molecule has 114 valence electrons. The summed E-state index contributed by atoms with van der Waals surface area (Å²) >= 11 is 6.43. The van der Waals surface area contributed by atoms with Gasteiger partial charge in [-0.3, -0.25) is 0 Å². The third-order valence-corrected chi connectivity index (χ3v) is 4.86. The maximum atomic E-state index is 6.43. The van der Waals surface area contributed by atoms with E-state index in [2.05, 4.69) is 29.7 Å². The predicted octanol–water partition coefficient (Wildman–Crippen LogP) is 5.93. The first-order valence-electron chi connectivity index (χ1n) is 8.29. The van der Waals surface area contributed by atoms with Crippen molar-refractivity contribution in [2.75, 3.05) is 0 Å². The maximum absolute atomic E-state index is 6.43. The minimum atomic E-state index is -0.0388. The predicted molar refractivity (Wildman–Crippen MR) is 90.1 cm³/mol. The lowest BCUT2D eigenvalue weighted by Gasteiger charge is -2.24. The molecule has 1 aromatic heterocycles. The van der Waals surface area contributed by atoms with Crippen LogP contribution in [0.2, 0.25) is 0 Å². The van der Waals surface area contributed by atoms with Crippen LogP contribution in [0.1, 0.15) is 74.7 Å². The Hall–Kier alpha value is -1.02. The first kappa shape index (κ1) is 14.9. The third kappa shape index (κ3) is 3.11. The molecule has 0 radical (unpaired) electrons. The lowest BCUT2D eigenvalue weighted by atomic mass is 9.96. The zero-order chi connectivity index (χ0) is 14.8. The smallest absolute Gasteiger partial charge is 0.127 e. The zero-order valence-electron chi connectivity index (χ0n) is 13.1. The first-order valence-corrected chi connectivity index (χ1v) is 8.73. The Morgan fingerprint density at radius 3 is 2.48 bits per heavy atom. The van der Waals surface area contributed by atoms with Gasteiger partial charge in [-0.15, -0.1) is 11.6 Å². The van der Waals surface area contributed by atoms with E-state index in [-0.39, 0.29) is 5.38 Å². The van der Waals surface area contributed by atoms with Gasteiger partial charge in [0, 0.05) is 6.04 Å². The SMILES string of the molecule is Cc1ccc2nc(C(C)Cl)n(C3CCCCCCC3)c2c1. The molecule has 0 N–H and O–H groups in total. The highest BCUT2D eigenvalue weighted by Gasteiger charge is 2.22. The molecule has 1 aromatic carbocycles. The van der Waals surface area contributed by atoms with Gasteiger partial charge in [-0.1, -0.05) is 38.2 Å². The van der Waals surface area contributed by atoms with Gasteiger partial charge in [-0.2, -0.15) is 0 Å². The fraction of sp³-hybridized carbons (Fsp3) is 0.611. The average Bonchev–Trinajstić information content (AvgIpc) is 2.77. The highest BCUT2D eigenvalue weighted by Crippen LogP contribution is 2.34. The summed E-state index contributed by atoms with van der Waals surface area (Å²) in [5.41, 5.74) is 3.65. The molecule has 1 aliphatic rings. The van der Waals surface area contributed by atoms with Crippen LogP contribution in [0.5, 0.6) is 0 Å². The lowest BCUT2D eigenvalue weighted by molar-refractivity contribution is 0.371. The van der Waals surface area contributed by atoms with Crippen LogP contribution in [0.4, 0.5) is 0 Å². The van der Waals surface area contributed by atoms with Gasteiger partial charge in [-0.05, 0) is 44.4 Å². The van der Waals surface area contributed by atoms with Crippen molar-refractivity contribution in [3.8, 4) is 0 Å². The summed E-state index contributed by atoms with van der Waals surface area (Å²) in [6.07, 6.45) is 9.31. The molecule has 1 aliphatic carbocycles. The summed E-state index contributed by atoms with van der Waals surface area (Å²) in [6, 6.07) is 7.10. The first-order chi connectivity index (χ1) is 10.2. The molecule has 0 bridgehead atoms. The van der Waals surface area contributed by atoms with Crippen LogP contribution in [0.3, 0.4) is 0 Å². The summed E-state index contributed by atoms with van der Waals surface area (Å²) in [6.45, 7) is 4.19. The van der Waals surface area contributed by atoms with E-state index in [0.717, 1.165) is 11.3 Å². The lowest BCUT2D eigenvalue weighted by Crippen LogP contribution is -2.14. The molecule has 1 fully saturated rings. The Bertz CT molecular complexity index is 607. The Balaban J connectivity index is 2.08. The second-order valence-electron chi connectivity index (χ2n) is 6.45. The molecular formula is C18H25ClN2. The van der Waals surface area contributed by atoms with Crippen LogP contribution in [-0.4, -0.2) is 9.55 Å². The number of fused-ring (bicyclic) bond motifs is 1. The molecule has 2 nitrogen and oxygen atoms in total. The van der Waals surface area contributed by atoms with E-state index >= 15 is 0 Å². The second kappa shape index (κ2) is 6.39. The number of hydrogen-bond donors (Lipinski definition) is 0. The standard InChI is InChI=1S/C18H25ClN2/c1-13-10-11-16-17(12-13)21(18(20-16)14(2)19)15-8-6-4-3-5-7-9-15/h10-12,14-15H,3-9H2,1-2H3. The van der Waals surface area contributed by atoms with E-state index in [1.165, 1.54) is 56.0 Å². The van der Waals surface area contributed by atoms with E-state index < -0.39 is 0 Å². The fourth-order valence-corrected chi connectivity index (χ4v) is 3.73. The number of aryl methyl sites for hydroxylation is 1. The fourth-order valence-electron chi connectivity index (χ4n) is 3.58. The number of nitrogens with zero attached hydrogens (tertiary/aromatic N) is 2. The highest BCUT2D eigenvalue weighted by molar-refractivity contribution is 6.20. The summed E-state index contributed by atoms with van der Waals surface area (Å²) in [4.78, 5) is 4.81. The Labute approximate surface area is 132 Å². The van der Waals surface area contributed by atoms with E-state index in [4.69, 9.17) is 16.6 Å². The molecule has 0 saturated heterocycles. The summed E-state index contributed by atoms with van der Waals surface area (Å²) < 4.78 is 2.45. The van der Waals surface area contributed by atoms with Crippen molar-refractivity contribution in [3.63, 3.8) is 0 Å². The summed E-state index contributed by atoms with van der Waals surface area (Å²) in [7, 11) is 0. The number of benzene rings is 1.